The molecule has 0 radical (unpaired) electrons. The molecule has 7 heteroatoms. The van der Waals surface area contributed by atoms with Gasteiger partial charge in [0, 0.05) is 24.6 Å². The summed E-state index contributed by atoms with van der Waals surface area (Å²) in [5.41, 5.74) is 1.48. The second-order valence-corrected chi connectivity index (χ2v) is 9.80. The zero-order valence-electron chi connectivity index (χ0n) is 15.0. The third-order valence-corrected chi connectivity index (χ3v) is 8.02. The van der Waals surface area contributed by atoms with Gasteiger partial charge in [0.25, 0.3) is 0 Å². The van der Waals surface area contributed by atoms with Gasteiger partial charge < -0.3 is 0 Å². The van der Waals surface area contributed by atoms with E-state index in [1.54, 1.807) is 27.8 Å². The first-order valence-corrected chi connectivity index (χ1v) is 11.2. The van der Waals surface area contributed by atoms with Crippen LogP contribution < -0.4 is 0 Å². The third-order valence-electron chi connectivity index (χ3n) is 4.94. The number of Topliss-reactive ketones (excluding diaryl/α,β-unsaturated/α-hetero) is 1. The summed E-state index contributed by atoms with van der Waals surface area (Å²) in [6.45, 7) is 2.42. The molecule has 0 spiro atoms. The molecule has 1 fully saturated rings. The molecule has 4 rings (SSSR count). The van der Waals surface area contributed by atoms with Crippen molar-refractivity contribution in [1.82, 2.24) is 9.29 Å². The first-order chi connectivity index (χ1) is 12.9. The molecule has 2 heterocycles. The standard InChI is InChI=1S/C20H20N2O3S2/c1-14(23)15-8-10-17(11-9-15)27(24,25)22-12-4-5-16(13-22)20-21-18-6-2-3-7-19(18)26-20/h2-3,6-11,16H,4-5,12-13H2,1H3/t16-/m1/s1. The molecule has 1 aliphatic rings. The number of nitrogens with zero attached hydrogens (tertiary/aromatic N) is 2. The largest absolute Gasteiger partial charge is 0.295 e. The molecule has 140 valence electrons. The number of benzene rings is 2. The van der Waals surface area contributed by atoms with E-state index < -0.39 is 10.0 Å². The number of carbonyl (C=O) groups excluding carboxylic acids is 1. The van der Waals surface area contributed by atoms with Gasteiger partial charge in [0.15, 0.2) is 5.78 Å². The molecule has 5 nitrogen and oxygen atoms in total. The molecule has 1 saturated heterocycles. The SMILES string of the molecule is CC(=O)c1ccc(S(=O)(=O)N2CCC[C@@H](c3nc4ccccc4s3)C2)cc1. The van der Waals surface area contributed by atoms with Gasteiger partial charge in [-0.05, 0) is 44.0 Å². The zero-order chi connectivity index (χ0) is 19.0. The van der Waals surface area contributed by atoms with Crippen molar-refractivity contribution in [2.24, 2.45) is 0 Å². The minimum atomic E-state index is -3.58. The van der Waals surface area contributed by atoms with Crippen molar-refractivity contribution in [3.05, 3.63) is 59.1 Å². The Morgan fingerprint density at radius 2 is 1.89 bits per heavy atom. The van der Waals surface area contributed by atoms with Crippen LogP contribution in [0.2, 0.25) is 0 Å². The maximum atomic E-state index is 13.0. The lowest BCUT2D eigenvalue weighted by atomic mass is 10.0. The molecule has 1 aliphatic heterocycles. The summed E-state index contributed by atoms with van der Waals surface area (Å²) in [4.78, 5) is 16.4. The highest BCUT2D eigenvalue weighted by atomic mass is 32.2. The minimum Gasteiger partial charge on any atom is -0.295 e. The molecule has 1 atom stereocenters. The van der Waals surface area contributed by atoms with Crippen LogP contribution in [0.4, 0.5) is 0 Å². The molecular formula is C20H20N2O3S2. The second kappa shape index (κ2) is 7.14. The van der Waals surface area contributed by atoms with Gasteiger partial charge in [-0.1, -0.05) is 24.3 Å². The number of ketones is 1. The summed E-state index contributed by atoms with van der Waals surface area (Å²) >= 11 is 1.65. The summed E-state index contributed by atoms with van der Waals surface area (Å²) in [6.07, 6.45) is 1.75. The number of fused-ring (bicyclic) bond motifs is 1. The summed E-state index contributed by atoms with van der Waals surface area (Å²) < 4.78 is 28.8. The van der Waals surface area contributed by atoms with E-state index in [2.05, 4.69) is 0 Å². The number of hydrogen-bond donors (Lipinski definition) is 0. The van der Waals surface area contributed by atoms with Gasteiger partial charge in [-0.15, -0.1) is 11.3 Å². The van der Waals surface area contributed by atoms with Crippen molar-refractivity contribution in [2.75, 3.05) is 13.1 Å². The maximum Gasteiger partial charge on any atom is 0.243 e. The smallest absolute Gasteiger partial charge is 0.243 e. The van der Waals surface area contributed by atoms with Crippen LogP contribution in [-0.2, 0) is 10.0 Å². The van der Waals surface area contributed by atoms with E-state index in [0.29, 0.717) is 18.7 Å². The summed E-state index contributed by atoms with van der Waals surface area (Å²) in [5.74, 6) is 0.0373. The van der Waals surface area contributed by atoms with Crippen LogP contribution in [0.3, 0.4) is 0 Å². The Labute approximate surface area is 162 Å². The zero-order valence-corrected chi connectivity index (χ0v) is 16.6. The van der Waals surface area contributed by atoms with Crippen molar-refractivity contribution in [2.45, 2.75) is 30.6 Å². The molecule has 0 aliphatic carbocycles. The van der Waals surface area contributed by atoms with E-state index in [0.717, 1.165) is 28.1 Å². The topological polar surface area (TPSA) is 67.3 Å². The molecule has 0 saturated carbocycles. The Hall–Kier alpha value is -2.09. The van der Waals surface area contributed by atoms with Crippen LogP contribution in [0.5, 0.6) is 0 Å². The second-order valence-electron chi connectivity index (χ2n) is 6.80. The predicted molar refractivity (Wildman–Crippen MR) is 107 cm³/mol. The summed E-state index contributed by atoms with van der Waals surface area (Å²) in [5, 5.41) is 1.00. The van der Waals surface area contributed by atoms with Crippen LogP contribution in [0.25, 0.3) is 10.2 Å². The fourth-order valence-corrected chi connectivity index (χ4v) is 6.05. The molecule has 0 unspecified atom stereocenters. The summed E-state index contributed by atoms with van der Waals surface area (Å²) in [6, 6.07) is 14.2. The summed E-state index contributed by atoms with van der Waals surface area (Å²) in [7, 11) is -3.58. The molecule has 0 amide bonds. The van der Waals surface area contributed by atoms with Gasteiger partial charge in [-0.3, -0.25) is 4.79 Å². The van der Waals surface area contributed by atoms with E-state index in [-0.39, 0.29) is 16.6 Å². The van der Waals surface area contributed by atoms with Gasteiger partial charge in [0.05, 0.1) is 20.1 Å². The van der Waals surface area contributed by atoms with Gasteiger partial charge in [0.2, 0.25) is 10.0 Å². The number of sulfonamides is 1. The third kappa shape index (κ3) is 3.54. The monoisotopic (exact) mass is 400 g/mol. The van der Waals surface area contributed by atoms with Crippen LogP contribution in [0.15, 0.2) is 53.4 Å². The normalized spacial score (nSPS) is 18.6. The number of piperidine rings is 1. The fraction of sp³-hybridized carbons (Fsp3) is 0.300. The number of thiazole rings is 1. The average Bonchev–Trinajstić information content (AvgIpc) is 3.12. The first-order valence-electron chi connectivity index (χ1n) is 8.92. The number of para-hydroxylation sites is 1. The van der Waals surface area contributed by atoms with Crippen molar-refractivity contribution in [3.8, 4) is 0 Å². The molecule has 0 bridgehead atoms. The Kier molecular flexibility index (Phi) is 4.84. The lowest BCUT2D eigenvalue weighted by Gasteiger charge is -2.31. The molecular weight excluding hydrogens is 380 g/mol. The molecule has 2 aromatic carbocycles. The van der Waals surface area contributed by atoms with Crippen molar-refractivity contribution in [3.63, 3.8) is 0 Å². The highest BCUT2D eigenvalue weighted by Crippen LogP contribution is 2.34. The Balaban J connectivity index is 1.58. The average molecular weight is 401 g/mol. The van der Waals surface area contributed by atoms with Gasteiger partial charge >= 0.3 is 0 Å². The van der Waals surface area contributed by atoms with Crippen LogP contribution in [0.1, 0.15) is 41.0 Å². The number of hydrogen-bond acceptors (Lipinski definition) is 5. The van der Waals surface area contributed by atoms with Gasteiger partial charge in [0.1, 0.15) is 0 Å². The van der Waals surface area contributed by atoms with Crippen molar-refractivity contribution >= 4 is 37.4 Å². The number of aromatic nitrogens is 1. The van der Waals surface area contributed by atoms with Gasteiger partial charge in [-0.25, -0.2) is 13.4 Å². The quantitative estimate of drug-likeness (QED) is 0.619. The lowest BCUT2D eigenvalue weighted by molar-refractivity contribution is 0.101. The highest BCUT2D eigenvalue weighted by Gasteiger charge is 2.32. The van der Waals surface area contributed by atoms with E-state index in [9.17, 15) is 13.2 Å². The Bertz CT molecular complexity index is 1050. The lowest BCUT2D eigenvalue weighted by Crippen LogP contribution is -2.39. The van der Waals surface area contributed by atoms with E-state index in [1.165, 1.54) is 19.1 Å². The molecule has 3 aromatic rings. The highest BCUT2D eigenvalue weighted by molar-refractivity contribution is 7.89. The Morgan fingerprint density at radius 1 is 1.15 bits per heavy atom. The molecule has 0 N–H and O–H groups in total. The number of rotatable bonds is 4. The Morgan fingerprint density at radius 3 is 2.59 bits per heavy atom. The predicted octanol–water partition coefficient (Wildman–Crippen LogP) is 4.07. The number of carbonyl (C=O) groups is 1. The van der Waals surface area contributed by atoms with Crippen LogP contribution in [-0.4, -0.2) is 36.6 Å². The minimum absolute atomic E-state index is 0.0761. The van der Waals surface area contributed by atoms with Crippen molar-refractivity contribution < 1.29 is 13.2 Å². The van der Waals surface area contributed by atoms with Gasteiger partial charge in [-0.2, -0.15) is 4.31 Å². The maximum absolute atomic E-state index is 13.0. The van der Waals surface area contributed by atoms with Crippen LogP contribution in [0, 0.1) is 0 Å². The van der Waals surface area contributed by atoms with E-state index >= 15 is 0 Å². The van der Waals surface area contributed by atoms with E-state index in [4.69, 9.17) is 4.98 Å². The van der Waals surface area contributed by atoms with E-state index in [1.807, 2.05) is 24.3 Å². The first kappa shape index (κ1) is 18.3. The van der Waals surface area contributed by atoms with Crippen LogP contribution >= 0.6 is 11.3 Å². The fourth-order valence-electron chi connectivity index (χ4n) is 3.44. The molecule has 27 heavy (non-hydrogen) atoms. The molecule has 1 aromatic heterocycles. The van der Waals surface area contributed by atoms with Crippen molar-refractivity contribution in [1.29, 1.82) is 0 Å².